The highest BCUT2D eigenvalue weighted by Gasteiger charge is 2.27. The van der Waals surface area contributed by atoms with Crippen LogP contribution in [0.25, 0.3) is 0 Å². The van der Waals surface area contributed by atoms with Gasteiger partial charge < -0.3 is 4.74 Å². The summed E-state index contributed by atoms with van der Waals surface area (Å²) in [5, 5.41) is 0. The maximum absolute atomic E-state index is 5.69. The van der Waals surface area contributed by atoms with E-state index < -0.39 is 0 Å². The molecule has 0 unspecified atom stereocenters. The second kappa shape index (κ2) is 5.55. The first kappa shape index (κ1) is 13.6. The van der Waals surface area contributed by atoms with E-state index in [0.717, 1.165) is 18.0 Å². The second-order valence-electron chi connectivity index (χ2n) is 6.74. The van der Waals surface area contributed by atoms with Crippen LogP contribution in [0.2, 0.25) is 0 Å². The number of pyridine rings is 1. The lowest BCUT2D eigenvalue weighted by atomic mass is 9.86. The van der Waals surface area contributed by atoms with Crippen LogP contribution >= 0.6 is 0 Å². The third kappa shape index (κ3) is 3.20. The van der Waals surface area contributed by atoms with Crippen LogP contribution in [0.3, 0.4) is 0 Å². The molecule has 3 heteroatoms. The summed E-state index contributed by atoms with van der Waals surface area (Å²) in [5.74, 6) is 1.52. The van der Waals surface area contributed by atoms with Crippen molar-refractivity contribution in [3.05, 3.63) is 29.6 Å². The van der Waals surface area contributed by atoms with Crippen molar-refractivity contribution in [2.75, 3.05) is 6.61 Å². The standard InChI is InChI=1S/C17H24N2O/c1-17(2)12-20-16(19-17)15-10-6-9-14(18-15)11-13-7-4-3-5-8-13/h6,9-10,13H,3-5,7-8,11-12H2,1-2H3. The van der Waals surface area contributed by atoms with Gasteiger partial charge in [-0.3, -0.25) is 0 Å². The Morgan fingerprint density at radius 2 is 2.00 bits per heavy atom. The summed E-state index contributed by atoms with van der Waals surface area (Å²) in [7, 11) is 0. The third-order valence-corrected chi connectivity index (χ3v) is 4.21. The van der Waals surface area contributed by atoms with Crippen molar-refractivity contribution in [3.8, 4) is 0 Å². The zero-order valence-electron chi connectivity index (χ0n) is 12.6. The summed E-state index contributed by atoms with van der Waals surface area (Å²) >= 11 is 0. The van der Waals surface area contributed by atoms with Crippen molar-refractivity contribution in [1.29, 1.82) is 0 Å². The number of nitrogens with zero attached hydrogens (tertiary/aromatic N) is 2. The molecule has 0 atom stereocenters. The topological polar surface area (TPSA) is 34.5 Å². The molecule has 1 saturated carbocycles. The van der Waals surface area contributed by atoms with Crippen molar-refractivity contribution >= 4 is 5.90 Å². The summed E-state index contributed by atoms with van der Waals surface area (Å²) in [6.07, 6.45) is 7.99. The fourth-order valence-electron chi connectivity index (χ4n) is 3.12. The summed E-state index contributed by atoms with van der Waals surface area (Å²) in [5.41, 5.74) is 1.96. The first-order valence-electron chi connectivity index (χ1n) is 7.81. The third-order valence-electron chi connectivity index (χ3n) is 4.21. The van der Waals surface area contributed by atoms with E-state index in [0.29, 0.717) is 12.5 Å². The minimum Gasteiger partial charge on any atom is -0.474 e. The maximum Gasteiger partial charge on any atom is 0.236 e. The number of hydrogen-bond acceptors (Lipinski definition) is 3. The van der Waals surface area contributed by atoms with E-state index in [4.69, 9.17) is 9.72 Å². The Bertz CT molecular complexity index is 501. The molecule has 1 aliphatic heterocycles. The molecule has 0 radical (unpaired) electrons. The van der Waals surface area contributed by atoms with Crippen molar-refractivity contribution in [1.82, 2.24) is 4.98 Å². The molecule has 3 nitrogen and oxygen atoms in total. The number of aliphatic imine (C=N–C) groups is 1. The molecule has 2 aliphatic rings. The van der Waals surface area contributed by atoms with Crippen LogP contribution in [-0.2, 0) is 11.2 Å². The Kier molecular flexibility index (Phi) is 3.77. The van der Waals surface area contributed by atoms with Crippen LogP contribution in [0.15, 0.2) is 23.2 Å². The Labute approximate surface area is 121 Å². The van der Waals surface area contributed by atoms with Crippen LogP contribution in [0.5, 0.6) is 0 Å². The lowest BCUT2D eigenvalue weighted by Gasteiger charge is -2.21. The maximum atomic E-state index is 5.69. The largest absolute Gasteiger partial charge is 0.474 e. The zero-order valence-corrected chi connectivity index (χ0v) is 12.6. The molecule has 20 heavy (non-hydrogen) atoms. The van der Waals surface area contributed by atoms with Crippen molar-refractivity contribution in [2.24, 2.45) is 10.9 Å². The first-order valence-corrected chi connectivity index (χ1v) is 7.81. The van der Waals surface area contributed by atoms with Gasteiger partial charge in [-0.05, 0) is 38.3 Å². The highest BCUT2D eigenvalue weighted by Crippen LogP contribution is 2.26. The highest BCUT2D eigenvalue weighted by atomic mass is 16.5. The number of hydrogen-bond donors (Lipinski definition) is 0. The van der Waals surface area contributed by atoms with E-state index in [2.05, 4.69) is 31.0 Å². The van der Waals surface area contributed by atoms with Gasteiger partial charge in [0.2, 0.25) is 5.90 Å². The molecule has 1 aliphatic carbocycles. The van der Waals surface area contributed by atoms with Crippen LogP contribution < -0.4 is 0 Å². The fraction of sp³-hybridized carbons (Fsp3) is 0.647. The van der Waals surface area contributed by atoms with Gasteiger partial charge in [0.05, 0.1) is 5.54 Å². The normalized spacial score (nSPS) is 22.4. The van der Waals surface area contributed by atoms with Gasteiger partial charge in [-0.2, -0.15) is 0 Å². The monoisotopic (exact) mass is 272 g/mol. The molecule has 1 aromatic heterocycles. The molecule has 1 aromatic rings. The smallest absolute Gasteiger partial charge is 0.236 e. The van der Waals surface area contributed by atoms with Crippen LogP contribution in [0.4, 0.5) is 0 Å². The van der Waals surface area contributed by atoms with Crippen molar-refractivity contribution < 1.29 is 4.74 Å². The quantitative estimate of drug-likeness (QED) is 0.839. The molecule has 0 aromatic carbocycles. The van der Waals surface area contributed by atoms with Gasteiger partial charge in [0, 0.05) is 5.69 Å². The average molecular weight is 272 g/mol. The molecule has 0 N–H and O–H groups in total. The summed E-state index contributed by atoms with van der Waals surface area (Å²) in [4.78, 5) is 9.37. The first-order chi connectivity index (χ1) is 9.62. The minimum absolute atomic E-state index is 0.115. The SMILES string of the molecule is CC1(C)COC(c2cccc(CC3CCCCC3)n2)=N1. The number of aromatic nitrogens is 1. The molecule has 0 bridgehead atoms. The van der Waals surface area contributed by atoms with Gasteiger partial charge in [-0.25, -0.2) is 9.98 Å². The summed E-state index contributed by atoms with van der Waals surface area (Å²) in [6.45, 7) is 4.83. The van der Waals surface area contributed by atoms with E-state index in [1.807, 2.05) is 6.07 Å². The molecule has 2 heterocycles. The Balaban J connectivity index is 1.73. The lowest BCUT2D eigenvalue weighted by molar-refractivity contribution is 0.279. The van der Waals surface area contributed by atoms with E-state index in [1.165, 1.54) is 37.8 Å². The second-order valence-corrected chi connectivity index (χ2v) is 6.74. The Morgan fingerprint density at radius 3 is 2.70 bits per heavy atom. The molecule has 0 saturated heterocycles. The number of rotatable bonds is 3. The van der Waals surface area contributed by atoms with Crippen LogP contribution in [0, 0.1) is 5.92 Å². The molecule has 0 amide bonds. The van der Waals surface area contributed by atoms with Crippen LogP contribution in [-0.4, -0.2) is 23.0 Å². The van der Waals surface area contributed by atoms with E-state index in [9.17, 15) is 0 Å². The molecular formula is C17H24N2O. The molecule has 0 spiro atoms. The van der Waals surface area contributed by atoms with E-state index >= 15 is 0 Å². The van der Waals surface area contributed by atoms with Crippen LogP contribution in [0.1, 0.15) is 57.3 Å². The predicted octanol–water partition coefficient (Wildman–Crippen LogP) is 3.76. The van der Waals surface area contributed by atoms with Gasteiger partial charge >= 0.3 is 0 Å². The summed E-state index contributed by atoms with van der Waals surface area (Å²) < 4.78 is 5.69. The predicted molar refractivity (Wildman–Crippen MR) is 81.1 cm³/mol. The molecule has 108 valence electrons. The van der Waals surface area contributed by atoms with Gasteiger partial charge in [0.1, 0.15) is 12.3 Å². The van der Waals surface area contributed by atoms with Crippen molar-refractivity contribution in [3.63, 3.8) is 0 Å². The Hall–Kier alpha value is -1.38. The van der Waals surface area contributed by atoms with Gasteiger partial charge in [0.25, 0.3) is 0 Å². The van der Waals surface area contributed by atoms with Gasteiger partial charge in [-0.1, -0.05) is 38.2 Å². The lowest BCUT2D eigenvalue weighted by Crippen LogP contribution is -2.17. The Morgan fingerprint density at radius 1 is 1.20 bits per heavy atom. The number of ether oxygens (including phenoxy) is 1. The molecule has 3 rings (SSSR count). The van der Waals surface area contributed by atoms with Crippen molar-refractivity contribution in [2.45, 2.75) is 57.9 Å². The summed E-state index contributed by atoms with van der Waals surface area (Å²) in [6, 6.07) is 6.22. The fourth-order valence-corrected chi connectivity index (χ4v) is 3.12. The van der Waals surface area contributed by atoms with Gasteiger partial charge in [-0.15, -0.1) is 0 Å². The zero-order chi connectivity index (χ0) is 14.0. The minimum atomic E-state index is -0.115. The van der Waals surface area contributed by atoms with Gasteiger partial charge in [0.15, 0.2) is 0 Å². The molecule has 1 fully saturated rings. The average Bonchev–Trinajstić information content (AvgIpc) is 2.81. The van der Waals surface area contributed by atoms with E-state index in [1.54, 1.807) is 0 Å². The van der Waals surface area contributed by atoms with E-state index in [-0.39, 0.29) is 5.54 Å². The highest BCUT2D eigenvalue weighted by molar-refractivity contribution is 5.93. The molecular weight excluding hydrogens is 248 g/mol.